The third-order valence-corrected chi connectivity index (χ3v) is 5.85. The molecule has 1 N–H and O–H groups in total. The molecule has 0 aliphatic carbocycles. The molecule has 5 rings (SSSR count). The summed E-state index contributed by atoms with van der Waals surface area (Å²) in [6.45, 7) is 4.48. The van der Waals surface area contributed by atoms with Gasteiger partial charge in [0.15, 0.2) is 11.5 Å². The highest BCUT2D eigenvalue weighted by Gasteiger charge is 2.18. The maximum absolute atomic E-state index is 13.5. The lowest BCUT2D eigenvalue weighted by Crippen LogP contribution is -2.31. The number of rotatable bonds is 5. The van der Waals surface area contributed by atoms with Gasteiger partial charge < -0.3 is 19.7 Å². The summed E-state index contributed by atoms with van der Waals surface area (Å²) < 4.78 is 24.1. The summed E-state index contributed by atoms with van der Waals surface area (Å²) in [4.78, 5) is 21.7. The van der Waals surface area contributed by atoms with Crippen LogP contribution in [0.2, 0.25) is 0 Å². The van der Waals surface area contributed by atoms with Crippen molar-refractivity contribution < 1.29 is 18.7 Å². The van der Waals surface area contributed by atoms with Crippen LogP contribution in [0, 0.1) is 5.82 Å². The van der Waals surface area contributed by atoms with Crippen molar-refractivity contribution in [2.75, 3.05) is 43.2 Å². The van der Waals surface area contributed by atoms with Crippen LogP contribution in [-0.4, -0.2) is 48.8 Å². The van der Waals surface area contributed by atoms with Crippen molar-refractivity contribution in [3.05, 3.63) is 77.7 Å². The molecule has 3 aromatic rings. The van der Waals surface area contributed by atoms with Crippen LogP contribution < -0.4 is 19.7 Å². The van der Waals surface area contributed by atoms with Gasteiger partial charge in [-0.05, 0) is 54.4 Å². The minimum atomic E-state index is -0.231. The third kappa shape index (κ3) is 5.06. The molecule has 1 saturated heterocycles. The molecule has 8 heteroatoms. The van der Waals surface area contributed by atoms with Gasteiger partial charge in [-0.1, -0.05) is 12.1 Å². The van der Waals surface area contributed by atoms with Crippen LogP contribution in [0.1, 0.15) is 22.3 Å². The Labute approximate surface area is 191 Å². The van der Waals surface area contributed by atoms with Crippen molar-refractivity contribution in [3.8, 4) is 11.5 Å². The fraction of sp³-hybridized carbons (Fsp3) is 0.280. The van der Waals surface area contributed by atoms with E-state index in [9.17, 15) is 9.18 Å². The number of nitrogens with one attached hydrogen (secondary N) is 1. The van der Waals surface area contributed by atoms with E-state index >= 15 is 0 Å². The first-order chi connectivity index (χ1) is 16.1. The summed E-state index contributed by atoms with van der Waals surface area (Å²) in [5, 5.41) is 2.88. The molecule has 2 aromatic carbocycles. The number of carbonyl (C=O) groups is 1. The van der Waals surface area contributed by atoms with Crippen LogP contribution in [0.15, 0.2) is 60.8 Å². The highest BCUT2D eigenvalue weighted by atomic mass is 19.1. The number of nitrogens with zero attached hydrogens (tertiary/aromatic N) is 3. The topological polar surface area (TPSA) is 66.9 Å². The van der Waals surface area contributed by atoms with Crippen LogP contribution in [-0.2, 0) is 6.54 Å². The Kier molecular flexibility index (Phi) is 6.08. The Morgan fingerprint density at radius 2 is 1.91 bits per heavy atom. The summed E-state index contributed by atoms with van der Waals surface area (Å²) in [5.41, 5.74) is 2.11. The van der Waals surface area contributed by atoms with Gasteiger partial charge in [-0.15, -0.1) is 0 Å². The van der Waals surface area contributed by atoms with E-state index in [0.717, 1.165) is 50.5 Å². The molecule has 0 unspecified atom stereocenters. The molecule has 0 spiro atoms. The number of carbonyl (C=O) groups excluding carboxylic acids is 1. The highest BCUT2D eigenvalue weighted by Crippen LogP contribution is 2.32. The van der Waals surface area contributed by atoms with Crippen molar-refractivity contribution in [1.82, 2.24) is 9.88 Å². The Balaban J connectivity index is 1.17. The van der Waals surface area contributed by atoms with Crippen molar-refractivity contribution in [2.24, 2.45) is 0 Å². The second-order valence-electron chi connectivity index (χ2n) is 8.17. The van der Waals surface area contributed by atoms with Crippen molar-refractivity contribution in [2.45, 2.75) is 13.0 Å². The predicted molar refractivity (Wildman–Crippen MR) is 123 cm³/mol. The smallest absolute Gasteiger partial charge is 0.255 e. The third-order valence-electron chi connectivity index (χ3n) is 5.85. The SMILES string of the molecule is O=C(Nc1ccc(N2CCCN(Cc3cccc(F)c3)CC2)nc1)c1ccc2c(c1)OCO2. The zero-order valence-corrected chi connectivity index (χ0v) is 18.2. The lowest BCUT2D eigenvalue weighted by atomic mass is 10.2. The average Bonchev–Trinajstić information content (AvgIpc) is 3.18. The largest absolute Gasteiger partial charge is 0.454 e. The van der Waals surface area contributed by atoms with Gasteiger partial charge in [-0.3, -0.25) is 9.69 Å². The van der Waals surface area contributed by atoms with Crippen molar-refractivity contribution >= 4 is 17.4 Å². The molecule has 2 aliphatic heterocycles. The molecular formula is C25H25FN4O3. The van der Waals surface area contributed by atoms with E-state index in [2.05, 4.69) is 20.1 Å². The van der Waals surface area contributed by atoms with Gasteiger partial charge in [0.05, 0.1) is 11.9 Å². The Hall–Kier alpha value is -3.65. The van der Waals surface area contributed by atoms with E-state index in [0.29, 0.717) is 22.7 Å². The van der Waals surface area contributed by atoms with Gasteiger partial charge in [0.2, 0.25) is 6.79 Å². The lowest BCUT2D eigenvalue weighted by molar-refractivity contribution is 0.102. The van der Waals surface area contributed by atoms with Crippen molar-refractivity contribution in [3.63, 3.8) is 0 Å². The molecule has 7 nitrogen and oxygen atoms in total. The number of halogens is 1. The minimum Gasteiger partial charge on any atom is -0.454 e. The van der Waals surface area contributed by atoms with E-state index in [1.54, 1.807) is 36.5 Å². The lowest BCUT2D eigenvalue weighted by Gasteiger charge is -2.23. The molecular weight excluding hydrogens is 423 g/mol. The van der Waals surface area contributed by atoms with Gasteiger partial charge in [0, 0.05) is 38.3 Å². The maximum atomic E-state index is 13.5. The zero-order valence-electron chi connectivity index (χ0n) is 18.2. The number of pyridine rings is 1. The standard InChI is InChI=1S/C25H25FN4O3/c26-20-4-1-3-18(13-20)16-29-9-2-10-30(12-11-29)24-8-6-21(15-27-24)28-25(31)19-5-7-22-23(14-19)33-17-32-22/h1,3-8,13-15H,2,9-12,16-17H2,(H,28,31). The van der Waals surface area contributed by atoms with E-state index in [1.165, 1.54) is 6.07 Å². The summed E-state index contributed by atoms with van der Waals surface area (Å²) >= 11 is 0. The Morgan fingerprint density at radius 3 is 2.76 bits per heavy atom. The second kappa shape index (κ2) is 9.46. The highest BCUT2D eigenvalue weighted by molar-refractivity contribution is 6.04. The van der Waals surface area contributed by atoms with Crippen molar-refractivity contribution in [1.29, 1.82) is 0 Å². The Bertz CT molecular complexity index is 1140. The number of hydrogen-bond donors (Lipinski definition) is 1. The fourth-order valence-electron chi connectivity index (χ4n) is 4.14. The first-order valence-corrected chi connectivity index (χ1v) is 11.0. The quantitative estimate of drug-likeness (QED) is 0.638. The molecule has 0 saturated carbocycles. The molecule has 3 heterocycles. The van der Waals surface area contributed by atoms with E-state index in [1.807, 2.05) is 18.2 Å². The summed E-state index contributed by atoms with van der Waals surface area (Å²) in [5.74, 6) is 1.67. The van der Waals surface area contributed by atoms with Crippen LogP contribution in [0.3, 0.4) is 0 Å². The molecule has 0 radical (unpaired) electrons. The average molecular weight is 448 g/mol. The second-order valence-corrected chi connectivity index (χ2v) is 8.17. The molecule has 0 bridgehead atoms. The number of ether oxygens (including phenoxy) is 2. The number of fused-ring (bicyclic) bond motifs is 1. The molecule has 2 aliphatic rings. The number of benzene rings is 2. The van der Waals surface area contributed by atoms with Crippen LogP contribution in [0.25, 0.3) is 0 Å². The molecule has 1 fully saturated rings. The number of anilines is 2. The minimum absolute atomic E-state index is 0.171. The first kappa shape index (κ1) is 21.2. The van der Waals surface area contributed by atoms with Crippen LogP contribution in [0.4, 0.5) is 15.9 Å². The molecule has 170 valence electrons. The summed E-state index contributed by atoms with van der Waals surface area (Å²) in [6, 6.07) is 15.7. The van der Waals surface area contributed by atoms with Gasteiger partial charge >= 0.3 is 0 Å². The molecule has 1 amide bonds. The predicted octanol–water partition coefficient (Wildman–Crippen LogP) is 3.91. The molecule has 0 atom stereocenters. The van der Waals surface area contributed by atoms with Gasteiger partial charge in [-0.25, -0.2) is 9.37 Å². The van der Waals surface area contributed by atoms with Gasteiger partial charge in [0.25, 0.3) is 5.91 Å². The molecule has 33 heavy (non-hydrogen) atoms. The first-order valence-electron chi connectivity index (χ1n) is 11.0. The van der Waals surface area contributed by atoms with E-state index in [4.69, 9.17) is 9.47 Å². The van der Waals surface area contributed by atoms with Crippen LogP contribution >= 0.6 is 0 Å². The van der Waals surface area contributed by atoms with E-state index < -0.39 is 0 Å². The maximum Gasteiger partial charge on any atom is 0.255 e. The zero-order chi connectivity index (χ0) is 22.6. The van der Waals surface area contributed by atoms with Crippen LogP contribution in [0.5, 0.6) is 11.5 Å². The summed E-state index contributed by atoms with van der Waals surface area (Å²) in [7, 11) is 0. The number of aromatic nitrogens is 1. The monoisotopic (exact) mass is 448 g/mol. The molecule has 1 aromatic heterocycles. The van der Waals surface area contributed by atoms with E-state index in [-0.39, 0.29) is 18.5 Å². The summed E-state index contributed by atoms with van der Waals surface area (Å²) in [6.07, 6.45) is 2.68. The normalized spacial score (nSPS) is 15.8. The fourth-order valence-corrected chi connectivity index (χ4v) is 4.14. The Morgan fingerprint density at radius 1 is 1.00 bits per heavy atom. The van der Waals surface area contributed by atoms with Gasteiger partial charge in [-0.2, -0.15) is 0 Å². The number of hydrogen-bond acceptors (Lipinski definition) is 6. The van der Waals surface area contributed by atoms with Gasteiger partial charge in [0.1, 0.15) is 11.6 Å². The number of amides is 1.